The Hall–Kier alpha value is -0.740. The van der Waals surface area contributed by atoms with Crippen molar-refractivity contribution in [2.24, 2.45) is 0 Å². The zero-order valence-electron chi connectivity index (χ0n) is 9.47. The molecule has 1 aromatic rings. The highest BCUT2D eigenvalue weighted by Gasteiger charge is 2.12. The third-order valence-electron chi connectivity index (χ3n) is 2.51. The first kappa shape index (κ1) is 12.3. The highest BCUT2D eigenvalue weighted by molar-refractivity contribution is 7.98. The minimum absolute atomic E-state index is 0.0637. The number of nitrogens with zero attached hydrogens (tertiary/aromatic N) is 2. The van der Waals surface area contributed by atoms with E-state index in [0.29, 0.717) is 6.04 Å². The maximum atomic E-state index is 9.22. The molecule has 84 valence electrons. The average Bonchev–Trinajstić information content (AvgIpc) is 2.28. The van der Waals surface area contributed by atoms with E-state index in [-0.39, 0.29) is 6.61 Å². The lowest BCUT2D eigenvalue weighted by molar-refractivity contribution is 0.282. The van der Waals surface area contributed by atoms with Crippen molar-refractivity contribution < 1.29 is 5.11 Å². The van der Waals surface area contributed by atoms with Gasteiger partial charge < -0.3 is 10.0 Å². The number of pyridine rings is 1. The maximum absolute atomic E-state index is 9.22. The van der Waals surface area contributed by atoms with Crippen LogP contribution in [0.1, 0.15) is 12.5 Å². The average molecular weight is 226 g/mol. The van der Waals surface area contributed by atoms with Crippen molar-refractivity contribution in [3.8, 4) is 0 Å². The van der Waals surface area contributed by atoms with Gasteiger partial charge in [0, 0.05) is 30.6 Å². The lowest BCUT2D eigenvalue weighted by Crippen LogP contribution is -2.31. The maximum Gasteiger partial charge on any atom is 0.0703 e. The van der Waals surface area contributed by atoms with Crippen LogP contribution in [-0.4, -0.2) is 35.2 Å². The fraction of sp³-hybridized carbons (Fsp3) is 0.545. The Bertz CT molecular complexity index is 306. The van der Waals surface area contributed by atoms with Gasteiger partial charge in [0.15, 0.2) is 0 Å². The van der Waals surface area contributed by atoms with E-state index in [9.17, 15) is 5.11 Å². The summed E-state index contributed by atoms with van der Waals surface area (Å²) in [7, 11) is 2.04. The topological polar surface area (TPSA) is 36.4 Å². The molecule has 0 spiro atoms. The molecule has 0 fully saturated rings. The van der Waals surface area contributed by atoms with Crippen molar-refractivity contribution in [2.45, 2.75) is 19.6 Å². The predicted molar refractivity (Wildman–Crippen MR) is 66.4 cm³/mol. The van der Waals surface area contributed by atoms with E-state index in [0.717, 1.165) is 17.0 Å². The van der Waals surface area contributed by atoms with Crippen LogP contribution >= 0.6 is 11.8 Å². The smallest absolute Gasteiger partial charge is 0.0703 e. The molecule has 0 saturated heterocycles. The van der Waals surface area contributed by atoms with E-state index in [4.69, 9.17) is 0 Å². The Morgan fingerprint density at radius 2 is 2.33 bits per heavy atom. The number of aliphatic hydroxyl groups is 1. The summed E-state index contributed by atoms with van der Waals surface area (Å²) in [5.74, 6) is 1.07. The lowest BCUT2D eigenvalue weighted by atomic mass is 10.2. The van der Waals surface area contributed by atoms with Gasteiger partial charge in [-0.25, -0.2) is 0 Å². The summed E-state index contributed by atoms with van der Waals surface area (Å²) in [6.45, 7) is 2.23. The van der Waals surface area contributed by atoms with E-state index in [1.165, 1.54) is 0 Å². The van der Waals surface area contributed by atoms with Gasteiger partial charge in [0.25, 0.3) is 0 Å². The van der Waals surface area contributed by atoms with Crippen molar-refractivity contribution in [3.05, 3.63) is 24.0 Å². The van der Waals surface area contributed by atoms with Crippen LogP contribution in [0.4, 0.5) is 5.69 Å². The number of rotatable bonds is 5. The van der Waals surface area contributed by atoms with Crippen LogP contribution < -0.4 is 4.90 Å². The Labute approximate surface area is 95.5 Å². The summed E-state index contributed by atoms with van der Waals surface area (Å²) in [5.41, 5.74) is 1.95. The number of hydrogen-bond donors (Lipinski definition) is 1. The number of aliphatic hydroxyl groups excluding tert-OH is 1. The van der Waals surface area contributed by atoms with Crippen LogP contribution in [0.2, 0.25) is 0 Å². The van der Waals surface area contributed by atoms with Crippen LogP contribution in [0.15, 0.2) is 18.5 Å². The van der Waals surface area contributed by atoms with E-state index >= 15 is 0 Å². The number of thioether (sulfide) groups is 1. The van der Waals surface area contributed by atoms with Crippen LogP contribution in [0.5, 0.6) is 0 Å². The molecule has 0 aromatic carbocycles. The molecule has 1 aromatic heterocycles. The molecule has 0 aliphatic heterocycles. The molecule has 0 amide bonds. The summed E-state index contributed by atoms with van der Waals surface area (Å²) in [6, 6.07) is 2.30. The third kappa shape index (κ3) is 3.11. The first-order chi connectivity index (χ1) is 7.20. The van der Waals surface area contributed by atoms with Gasteiger partial charge in [-0.05, 0) is 19.2 Å². The van der Waals surface area contributed by atoms with Crippen molar-refractivity contribution in [2.75, 3.05) is 24.0 Å². The van der Waals surface area contributed by atoms with Gasteiger partial charge in [0.1, 0.15) is 0 Å². The van der Waals surface area contributed by atoms with E-state index < -0.39 is 0 Å². The zero-order chi connectivity index (χ0) is 11.3. The van der Waals surface area contributed by atoms with Gasteiger partial charge in [-0.3, -0.25) is 4.98 Å². The van der Waals surface area contributed by atoms with E-state index in [2.05, 4.69) is 23.1 Å². The van der Waals surface area contributed by atoms with E-state index in [1.54, 1.807) is 6.20 Å². The molecule has 1 unspecified atom stereocenters. The summed E-state index contributed by atoms with van der Waals surface area (Å²) < 4.78 is 0. The monoisotopic (exact) mass is 226 g/mol. The summed E-state index contributed by atoms with van der Waals surface area (Å²) in [5, 5.41) is 9.22. The molecule has 0 bridgehead atoms. The second-order valence-corrected chi connectivity index (χ2v) is 4.49. The predicted octanol–water partition coefficient (Wildman–Crippen LogP) is 1.76. The normalized spacial score (nSPS) is 12.5. The lowest BCUT2D eigenvalue weighted by Gasteiger charge is -2.27. The van der Waals surface area contributed by atoms with Crippen molar-refractivity contribution >= 4 is 17.4 Å². The second kappa shape index (κ2) is 5.98. The standard InChI is InChI=1S/C11H18N2OS/c1-9(8-15-3)13(2)11-6-12-5-4-10(11)7-14/h4-6,9,14H,7-8H2,1-3H3. The molecular formula is C11H18N2OS. The van der Waals surface area contributed by atoms with Crippen LogP contribution in [0, 0.1) is 0 Å². The number of hydrogen-bond acceptors (Lipinski definition) is 4. The molecule has 3 nitrogen and oxygen atoms in total. The van der Waals surface area contributed by atoms with Gasteiger partial charge in [0.2, 0.25) is 0 Å². The minimum atomic E-state index is 0.0637. The molecule has 1 rings (SSSR count). The number of aromatic nitrogens is 1. The molecule has 1 heterocycles. The Kier molecular flexibility index (Phi) is 4.91. The van der Waals surface area contributed by atoms with Crippen molar-refractivity contribution in [3.63, 3.8) is 0 Å². The van der Waals surface area contributed by atoms with Crippen molar-refractivity contribution in [1.29, 1.82) is 0 Å². The molecule has 0 aliphatic carbocycles. The highest BCUT2D eigenvalue weighted by Crippen LogP contribution is 2.20. The van der Waals surface area contributed by atoms with Crippen LogP contribution in [0.25, 0.3) is 0 Å². The van der Waals surface area contributed by atoms with Gasteiger partial charge in [-0.15, -0.1) is 0 Å². The zero-order valence-corrected chi connectivity index (χ0v) is 10.3. The molecule has 1 atom stereocenters. The summed E-state index contributed by atoms with van der Waals surface area (Å²) >= 11 is 1.82. The Morgan fingerprint density at radius 3 is 2.93 bits per heavy atom. The second-order valence-electron chi connectivity index (χ2n) is 3.58. The first-order valence-corrected chi connectivity index (χ1v) is 6.35. The van der Waals surface area contributed by atoms with Gasteiger partial charge in [-0.1, -0.05) is 0 Å². The largest absolute Gasteiger partial charge is 0.392 e. The van der Waals surface area contributed by atoms with Gasteiger partial charge in [0.05, 0.1) is 18.5 Å². The van der Waals surface area contributed by atoms with Gasteiger partial charge >= 0.3 is 0 Å². The van der Waals surface area contributed by atoms with Gasteiger partial charge in [-0.2, -0.15) is 11.8 Å². The number of anilines is 1. The fourth-order valence-corrected chi connectivity index (χ4v) is 2.16. The van der Waals surface area contributed by atoms with E-state index in [1.807, 2.05) is 31.1 Å². The molecule has 4 heteroatoms. The summed E-state index contributed by atoms with van der Waals surface area (Å²) in [6.07, 6.45) is 5.62. The quantitative estimate of drug-likeness (QED) is 0.830. The summed E-state index contributed by atoms with van der Waals surface area (Å²) in [4.78, 5) is 6.26. The molecule has 15 heavy (non-hydrogen) atoms. The molecule has 0 aliphatic rings. The third-order valence-corrected chi connectivity index (χ3v) is 3.32. The molecular weight excluding hydrogens is 208 g/mol. The molecule has 0 saturated carbocycles. The minimum Gasteiger partial charge on any atom is -0.392 e. The first-order valence-electron chi connectivity index (χ1n) is 4.96. The SMILES string of the molecule is CSCC(C)N(C)c1cnccc1CO. The van der Waals surface area contributed by atoms with Crippen molar-refractivity contribution in [1.82, 2.24) is 4.98 Å². The Balaban J connectivity index is 2.84. The molecule has 1 N–H and O–H groups in total. The highest BCUT2D eigenvalue weighted by atomic mass is 32.2. The Morgan fingerprint density at radius 1 is 1.60 bits per heavy atom. The van der Waals surface area contributed by atoms with Crippen LogP contribution in [0.3, 0.4) is 0 Å². The molecule has 0 radical (unpaired) electrons. The van der Waals surface area contributed by atoms with Crippen LogP contribution in [-0.2, 0) is 6.61 Å². The fourth-order valence-electron chi connectivity index (χ4n) is 1.46.